The molecule has 172 valence electrons. The number of anilines is 2. The second-order valence-electron chi connectivity index (χ2n) is 8.73. The average molecular weight is 562 g/mol. The van der Waals surface area contributed by atoms with E-state index in [1.54, 1.807) is 22.8 Å². The van der Waals surface area contributed by atoms with Crippen LogP contribution in [0, 0.1) is 0 Å². The maximum Gasteiger partial charge on any atom is 0.329 e. The SMILES string of the molecule is O=C(NC1(C(=O)O)CC1)c1cnc2n1[C@]1(Cc3ccc(Br)cc31)C(=O)N2c1cc(Cl)cc(Cl)c1. The summed E-state index contributed by atoms with van der Waals surface area (Å²) in [6, 6.07) is 10.4. The Morgan fingerprint density at radius 1 is 1.12 bits per heavy atom. The normalized spacial score (nSPS) is 21.1. The van der Waals surface area contributed by atoms with Crippen LogP contribution in [0.5, 0.6) is 0 Å². The minimum atomic E-state index is -1.28. The Morgan fingerprint density at radius 2 is 1.82 bits per heavy atom. The first-order valence-electron chi connectivity index (χ1n) is 10.4. The van der Waals surface area contributed by atoms with Crippen LogP contribution in [-0.2, 0) is 21.5 Å². The van der Waals surface area contributed by atoms with Gasteiger partial charge in [0.05, 0.1) is 11.9 Å². The number of fused-ring (bicyclic) bond motifs is 4. The number of carboxylic acid groups (broad SMARTS) is 1. The molecule has 2 N–H and O–H groups in total. The van der Waals surface area contributed by atoms with Crippen LogP contribution in [0.25, 0.3) is 0 Å². The van der Waals surface area contributed by atoms with Crippen molar-refractivity contribution >= 4 is 68.6 Å². The molecule has 0 radical (unpaired) electrons. The summed E-state index contributed by atoms with van der Waals surface area (Å²) in [5.74, 6) is -1.74. The van der Waals surface area contributed by atoms with E-state index in [0.717, 1.165) is 15.6 Å². The minimum absolute atomic E-state index is 0.108. The topological polar surface area (TPSA) is 105 Å². The summed E-state index contributed by atoms with van der Waals surface area (Å²) in [6.07, 6.45) is 2.42. The highest BCUT2D eigenvalue weighted by molar-refractivity contribution is 9.10. The minimum Gasteiger partial charge on any atom is -0.480 e. The van der Waals surface area contributed by atoms with Gasteiger partial charge in [-0.3, -0.25) is 14.2 Å². The zero-order chi connectivity index (χ0) is 24.0. The molecule has 1 atom stereocenters. The number of benzene rings is 2. The number of imidazole rings is 1. The Labute approximate surface area is 211 Å². The van der Waals surface area contributed by atoms with Crippen LogP contribution in [0.3, 0.4) is 0 Å². The van der Waals surface area contributed by atoms with Crippen molar-refractivity contribution in [1.82, 2.24) is 14.9 Å². The first-order chi connectivity index (χ1) is 16.2. The number of carbonyl (C=O) groups is 3. The third-order valence-electron chi connectivity index (χ3n) is 6.70. The van der Waals surface area contributed by atoms with Gasteiger partial charge in [-0.25, -0.2) is 14.7 Å². The molecule has 3 aromatic rings. The van der Waals surface area contributed by atoms with Crippen LogP contribution in [0.4, 0.5) is 11.6 Å². The number of rotatable bonds is 4. The molecular weight excluding hydrogens is 547 g/mol. The van der Waals surface area contributed by atoms with Crippen LogP contribution in [-0.4, -0.2) is 38.0 Å². The van der Waals surface area contributed by atoms with Gasteiger partial charge in [0, 0.05) is 20.9 Å². The van der Waals surface area contributed by atoms with Gasteiger partial charge in [-0.15, -0.1) is 0 Å². The number of hydrogen-bond acceptors (Lipinski definition) is 4. The predicted molar refractivity (Wildman–Crippen MR) is 128 cm³/mol. The summed E-state index contributed by atoms with van der Waals surface area (Å²) < 4.78 is 2.39. The molecule has 1 aliphatic heterocycles. The van der Waals surface area contributed by atoms with Gasteiger partial charge in [0.1, 0.15) is 11.2 Å². The molecule has 0 bridgehead atoms. The van der Waals surface area contributed by atoms with Crippen LogP contribution in [0.1, 0.15) is 34.5 Å². The van der Waals surface area contributed by atoms with Crippen LogP contribution in [0.2, 0.25) is 10.0 Å². The van der Waals surface area contributed by atoms with Crippen molar-refractivity contribution in [2.75, 3.05) is 4.90 Å². The third-order valence-corrected chi connectivity index (χ3v) is 7.63. The van der Waals surface area contributed by atoms with Crippen molar-refractivity contribution in [2.24, 2.45) is 0 Å². The van der Waals surface area contributed by atoms with Gasteiger partial charge < -0.3 is 10.4 Å². The number of amides is 2. The van der Waals surface area contributed by atoms with Gasteiger partial charge in [0.25, 0.3) is 11.8 Å². The lowest BCUT2D eigenvalue weighted by Crippen LogP contribution is -2.53. The molecule has 2 heterocycles. The molecule has 1 fully saturated rings. The van der Waals surface area contributed by atoms with Gasteiger partial charge in [-0.05, 0) is 54.3 Å². The summed E-state index contributed by atoms with van der Waals surface area (Å²) in [5, 5.41) is 12.8. The molecular formula is C23H15BrCl2N4O4. The number of halogens is 3. The maximum atomic E-state index is 14.0. The Bertz CT molecular complexity index is 1430. The Kier molecular flexibility index (Phi) is 4.50. The second-order valence-corrected chi connectivity index (χ2v) is 10.5. The number of hydrogen-bond donors (Lipinski definition) is 2. The molecule has 2 amide bonds. The Hall–Kier alpha value is -2.88. The van der Waals surface area contributed by atoms with Crippen LogP contribution < -0.4 is 10.2 Å². The van der Waals surface area contributed by atoms with Gasteiger partial charge in [0.2, 0.25) is 5.95 Å². The fourth-order valence-electron chi connectivity index (χ4n) is 4.85. The summed E-state index contributed by atoms with van der Waals surface area (Å²) in [6.45, 7) is 0. The Morgan fingerprint density at radius 3 is 2.47 bits per heavy atom. The molecule has 8 nitrogen and oxygen atoms in total. The first kappa shape index (κ1) is 21.6. The van der Waals surface area contributed by atoms with Crippen LogP contribution >= 0.6 is 39.1 Å². The third kappa shape index (κ3) is 2.84. The molecule has 1 aromatic heterocycles. The summed E-state index contributed by atoms with van der Waals surface area (Å²) in [5.41, 5.74) is -0.235. The summed E-state index contributed by atoms with van der Waals surface area (Å²) in [4.78, 5) is 44.8. The quantitative estimate of drug-likeness (QED) is 0.495. The van der Waals surface area contributed by atoms with E-state index in [0.29, 0.717) is 35.0 Å². The molecule has 0 unspecified atom stereocenters. The van der Waals surface area contributed by atoms with Gasteiger partial charge in [-0.2, -0.15) is 0 Å². The van der Waals surface area contributed by atoms with E-state index in [4.69, 9.17) is 23.2 Å². The number of aromatic nitrogens is 2. The lowest BCUT2D eigenvalue weighted by molar-refractivity contribution is -0.140. The largest absolute Gasteiger partial charge is 0.480 e. The number of carboxylic acids is 1. The van der Waals surface area contributed by atoms with Crippen molar-refractivity contribution in [1.29, 1.82) is 0 Å². The molecule has 6 rings (SSSR count). The Balaban J connectivity index is 1.53. The van der Waals surface area contributed by atoms with E-state index >= 15 is 0 Å². The lowest BCUT2D eigenvalue weighted by Gasteiger charge is -2.41. The van der Waals surface area contributed by atoms with E-state index < -0.39 is 23.0 Å². The highest BCUT2D eigenvalue weighted by atomic mass is 79.9. The molecule has 3 aliphatic rings. The van der Waals surface area contributed by atoms with Crippen molar-refractivity contribution in [3.63, 3.8) is 0 Å². The van der Waals surface area contributed by atoms with Gasteiger partial charge >= 0.3 is 5.97 Å². The van der Waals surface area contributed by atoms with Gasteiger partial charge in [-0.1, -0.05) is 45.2 Å². The number of aliphatic carboxylic acids is 1. The molecule has 0 saturated heterocycles. The van der Waals surface area contributed by atoms with Gasteiger partial charge in [0.15, 0.2) is 5.54 Å². The van der Waals surface area contributed by atoms with Crippen LogP contribution in [0.15, 0.2) is 47.1 Å². The molecule has 2 aliphatic carbocycles. The highest BCUT2D eigenvalue weighted by Crippen LogP contribution is 2.53. The predicted octanol–water partition coefficient (Wildman–Crippen LogP) is 4.28. The fraction of sp³-hybridized carbons (Fsp3) is 0.217. The van der Waals surface area contributed by atoms with Crippen molar-refractivity contribution in [3.8, 4) is 0 Å². The highest BCUT2D eigenvalue weighted by Gasteiger charge is 2.61. The molecule has 1 saturated carbocycles. The lowest BCUT2D eigenvalue weighted by atomic mass is 9.70. The molecule has 34 heavy (non-hydrogen) atoms. The smallest absolute Gasteiger partial charge is 0.329 e. The van der Waals surface area contributed by atoms with E-state index in [2.05, 4.69) is 26.2 Å². The van der Waals surface area contributed by atoms with Crippen molar-refractivity contribution in [3.05, 3.63) is 73.9 Å². The number of carbonyl (C=O) groups excluding carboxylic acids is 2. The summed E-state index contributed by atoms with van der Waals surface area (Å²) >= 11 is 15.9. The maximum absolute atomic E-state index is 14.0. The monoisotopic (exact) mass is 560 g/mol. The molecule has 2 aromatic carbocycles. The fourth-order valence-corrected chi connectivity index (χ4v) is 5.73. The average Bonchev–Trinajstić information content (AvgIpc) is 3.33. The number of nitrogens with one attached hydrogen (secondary N) is 1. The summed E-state index contributed by atoms with van der Waals surface area (Å²) in [7, 11) is 0. The van der Waals surface area contributed by atoms with E-state index in [9.17, 15) is 19.5 Å². The van der Waals surface area contributed by atoms with E-state index in [1.807, 2.05) is 18.2 Å². The van der Waals surface area contributed by atoms with Crippen molar-refractivity contribution < 1.29 is 19.5 Å². The van der Waals surface area contributed by atoms with E-state index in [-0.39, 0.29) is 17.5 Å². The van der Waals surface area contributed by atoms with E-state index in [1.165, 1.54) is 11.1 Å². The van der Waals surface area contributed by atoms with Crippen molar-refractivity contribution in [2.45, 2.75) is 30.3 Å². The molecule has 11 heteroatoms. The first-order valence-corrected chi connectivity index (χ1v) is 11.9. The second kappa shape index (κ2) is 7.07. The number of nitrogens with zero attached hydrogens (tertiary/aromatic N) is 3. The zero-order valence-corrected chi connectivity index (χ0v) is 20.4. The standard InChI is InChI=1S/C23H15BrCl2N4O4/c24-12-2-1-11-9-23(16(11)5-12)19(32)29(15-7-13(25)6-14(26)8-15)21-27-10-17(30(21)23)18(31)28-22(3-4-22)20(33)34/h1-2,5-8,10H,3-4,9H2,(H,28,31)(H,33,34)/t23-/m0/s1. The molecule has 1 spiro atoms. The zero-order valence-electron chi connectivity index (χ0n) is 17.3.